The van der Waals surface area contributed by atoms with E-state index in [1.807, 2.05) is 49.5 Å². The number of carbonyl (C=O) groups is 1. The van der Waals surface area contributed by atoms with Gasteiger partial charge in [0.25, 0.3) is 0 Å². The molecule has 4 aromatic rings. The van der Waals surface area contributed by atoms with Crippen LogP contribution in [0.3, 0.4) is 0 Å². The van der Waals surface area contributed by atoms with E-state index in [1.54, 1.807) is 11.3 Å². The Morgan fingerprint density at radius 3 is 2.69 bits per heavy atom. The first-order valence-corrected chi connectivity index (χ1v) is 9.59. The number of carbonyl (C=O) groups excluding carboxylic acids is 1. The van der Waals surface area contributed by atoms with E-state index in [4.69, 9.17) is 0 Å². The fourth-order valence-electron chi connectivity index (χ4n) is 3.30. The van der Waals surface area contributed by atoms with E-state index in [0.717, 1.165) is 16.8 Å². The molecule has 130 valence electrons. The number of para-hydroxylation sites is 1. The summed E-state index contributed by atoms with van der Waals surface area (Å²) in [6.45, 7) is 2.04. The number of fused-ring (bicyclic) bond motifs is 1. The van der Waals surface area contributed by atoms with Crippen molar-refractivity contribution < 1.29 is 4.79 Å². The Kier molecular flexibility index (Phi) is 4.59. The van der Waals surface area contributed by atoms with Crippen molar-refractivity contribution in [1.82, 2.24) is 4.98 Å². The molecule has 1 amide bonds. The summed E-state index contributed by atoms with van der Waals surface area (Å²) in [5.41, 5.74) is 5.46. The highest BCUT2D eigenvalue weighted by molar-refractivity contribution is 7.08. The Balaban J connectivity index is 1.62. The molecule has 2 N–H and O–H groups in total. The minimum absolute atomic E-state index is 0.0235. The van der Waals surface area contributed by atoms with E-state index in [-0.39, 0.29) is 11.8 Å². The third-order valence-corrected chi connectivity index (χ3v) is 5.37. The number of benzene rings is 2. The van der Waals surface area contributed by atoms with Gasteiger partial charge in [-0.25, -0.2) is 0 Å². The first-order chi connectivity index (χ1) is 12.7. The van der Waals surface area contributed by atoms with Crippen LogP contribution in [0.25, 0.3) is 10.9 Å². The molecule has 0 aliphatic heterocycles. The molecular weight excluding hydrogens is 340 g/mol. The zero-order valence-corrected chi connectivity index (χ0v) is 15.3. The van der Waals surface area contributed by atoms with Crippen LogP contribution in [0.4, 0.5) is 5.69 Å². The lowest BCUT2D eigenvalue weighted by Gasteiger charge is -2.16. The number of hydrogen-bond acceptors (Lipinski definition) is 2. The van der Waals surface area contributed by atoms with Crippen LogP contribution in [0, 0.1) is 6.92 Å². The van der Waals surface area contributed by atoms with Gasteiger partial charge >= 0.3 is 0 Å². The second-order valence-corrected chi connectivity index (χ2v) is 7.30. The molecule has 1 unspecified atom stereocenters. The minimum atomic E-state index is 0.0235. The Labute approximate surface area is 156 Å². The van der Waals surface area contributed by atoms with E-state index < -0.39 is 0 Å². The molecule has 3 nitrogen and oxygen atoms in total. The summed E-state index contributed by atoms with van der Waals surface area (Å²) >= 11 is 1.66. The molecule has 0 fully saturated rings. The first kappa shape index (κ1) is 16.6. The quantitative estimate of drug-likeness (QED) is 0.471. The van der Waals surface area contributed by atoms with Gasteiger partial charge < -0.3 is 10.3 Å². The van der Waals surface area contributed by atoms with Gasteiger partial charge in [0.1, 0.15) is 0 Å². The number of nitrogens with one attached hydrogen (secondary N) is 2. The van der Waals surface area contributed by atoms with Crippen LogP contribution in [0.1, 0.15) is 29.0 Å². The molecule has 0 spiro atoms. The zero-order chi connectivity index (χ0) is 17.9. The van der Waals surface area contributed by atoms with Gasteiger partial charge in [-0.3, -0.25) is 4.79 Å². The van der Waals surface area contributed by atoms with E-state index in [1.165, 1.54) is 16.5 Å². The molecule has 0 saturated carbocycles. The average molecular weight is 360 g/mol. The van der Waals surface area contributed by atoms with Gasteiger partial charge in [-0.15, -0.1) is 0 Å². The smallest absolute Gasteiger partial charge is 0.225 e. The van der Waals surface area contributed by atoms with Crippen molar-refractivity contribution in [3.8, 4) is 0 Å². The molecule has 2 aromatic carbocycles. The normalized spacial score (nSPS) is 12.2. The van der Waals surface area contributed by atoms with Gasteiger partial charge in [-0.05, 0) is 53.1 Å². The van der Waals surface area contributed by atoms with E-state index in [0.29, 0.717) is 6.42 Å². The monoisotopic (exact) mass is 360 g/mol. The molecule has 26 heavy (non-hydrogen) atoms. The van der Waals surface area contributed by atoms with Gasteiger partial charge in [-0.1, -0.05) is 35.9 Å². The summed E-state index contributed by atoms with van der Waals surface area (Å²) in [5, 5.41) is 8.39. The molecule has 4 rings (SSSR count). The predicted molar refractivity (Wildman–Crippen MR) is 109 cm³/mol. The van der Waals surface area contributed by atoms with Crippen molar-refractivity contribution in [2.45, 2.75) is 19.3 Å². The van der Waals surface area contributed by atoms with E-state index in [2.05, 4.69) is 39.3 Å². The standard InChI is InChI=1S/C22H20N2OS/c1-15-6-8-17(9-7-15)24-22(25)12-19(16-10-11-26-14-16)20-13-23-21-5-3-2-4-18(20)21/h2-11,13-14,19,23H,12H2,1H3,(H,24,25). The van der Waals surface area contributed by atoms with E-state index >= 15 is 0 Å². The molecule has 0 radical (unpaired) electrons. The van der Waals surface area contributed by atoms with Crippen LogP contribution >= 0.6 is 11.3 Å². The van der Waals surface area contributed by atoms with Gasteiger partial charge in [0.15, 0.2) is 0 Å². The fourth-order valence-corrected chi connectivity index (χ4v) is 4.01. The first-order valence-electron chi connectivity index (χ1n) is 8.65. The number of aromatic amines is 1. The van der Waals surface area contributed by atoms with Crippen molar-refractivity contribution >= 4 is 33.8 Å². The molecule has 2 heterocycles. The van der Waals surface area contributed by atoms with Crippen LogP contribution in [0.5, 0.6) is 0 Å². The Hall–Kier alpha value is -2.85. The summed E-state index contributed by atoms with van der Waals surface area (Å²) in [4.78, 5) is 16.0. The molecule has 2 aromatic heterocycles. The summed E-state index contributed by atoms with van der Waals surface area (Å²) < 4.78 is 0. The zero-order valence-electron chi connectivity index (χ0n) is 14.5. The number of aryl methyl sites for hydroxylation is 1. The summed E-state index contributed by atoms with van der Waals surface area (Å²) in [6, 6.07) is 18.2. The third-order valence-electron chi connectivity index (χ3n) is 4.67. The van der Waals surface area contributed by atoms with Gasteiger partial charge in [0.2, 0.25) is 5.91 Å². The Bertz CT molecular complexity index is 1020. The van der Waals surface area contributed by atoms with Crippen LogP contribution in [0.15, 0.2) is 71.6 Å². The lowest BCUT2D eigenvalue weighted by Crippen LogP contribution is -2.16. The second-order valence-electron chi connectivity index (χ2n) is 6.52. The number of aromatic nitrogens is 1. The van der Waals surface area contributed by atoms with Gasteiger partial charge in [0, 0.05) is 35.1 Å². The molecule has 4 heteroatoms. The highest BCUT2D eigenvalue weighted by Gasteiger charge is 2.21. The van der Waals surface area contributed by atoms with Crippen molar-refractivity contribution in [2.75, 3.05) is 5.32 Å². The summed E-state index contributed by atoms with van der Waals surface area (Å²) in [6.07, 6.45) is 2.44. The second kappa shape index (κ2) is 7.18. The molecular formula is C22H20N2OS. The number of amides is 1. The maximum absolute atomic E-state index is 12.7. The fraction of sp³-hybridized carbons (Fsp3) is 0.136. The topological polar surface area (TPSA) is 44.9 Å². The Morgan fingerprint density at radius 1 is 1.12 bits per heavy atom. The molecule has 1 atom stereocenters. The van der Waals surface area contributed by atoms with Crippen molar-refractivity contribution in [3.05, 3.63) is 88.2 Å². The van der Waals surface area contributed by atoms with Gasteiger partial charge in [0.05, 0.1) is 0 Å². The molecule has 0 aliphatic carbocycles. The van der Waals surface area contributed by atoms with Crippen molar-refractivity contribution in [2.24, 2.45) is 0 Å². The van der Waals surface area contributed by atoms with Crippen LogP contribution in [-0.2, 0) is 4.79 Å². The molecule has 0 saturated heterocycles. The van der Waals surface area contributed by atoms with Crippen LogP contribution < -0.4 is 5.32 Å². The number of anilines is 1. The predicted octanol–water partition coefficient (Wildman–Crippen LogP) is 5.70. The number of rotatable bonds is 5. The lowest BCUT2D eigenvalue weighted by molar-refractivity contribution is -0.116. The van der Waals surface area contributed by atoms with Crippen LogP contribution in [0.2, 0.25) is 0 Å². The molecule has 0 bridgehead atoms. The van der Waals surface area contributed by atoms with Crippen molar-refractivity contribution in [1.29, 1.82) is 0 Å². The lowest BCUT2D eigenvalue weighted by atomic mass is 9.89. The SMILES string of the molecule is Cc1ccc(NC(=O)CC(c2ccsc2)c2c[nH]c3ccccc23)cc1. The number of hydrogen-bond donors (Lipinski definition) is 2. The van der Waals surface area contributed by atoms with E-state index in [9.17, 15) is 4.79 Å². The number of H-pyrrole nitrogens is 1. The largest absolute Gasteiger partial charge is 0.361 e. The van der Waals surface area contributed by atoms with Crippen molar-refractivity contribution in [3.63, 3.8) is 0 Å². The molecule has 0 aliphatic rings. The third kappa shape index (κ3) is 3.41. The van der Waals surface area contributed by atoms with Gasteiger partial charge in [-0.2, -0.15) is 11.3 Å². The number of thiophene rings is 1. The highest BCUT2D eigenvalue weighted by Crippen LogP contribution is 2.34. The highest BCUT2D eigenvalue weighted by atomic mass is 32.1. The minimum Gasteiger partial charge on any atom is -0.361 e. The van der Waals surface area contributed by atoms with Crippen LogP contribution in [-0.4, -0.2) is 10.9 Å². The maximum atomic E-state index is 12.7. The maximum Gasteiger partial charge on any atom is 0.225 e. The summed E-state index contributed by atoms with van der Waals surface area (Å²) in [7, 11) is 0. The Morgan fingerprint density at radius 2 is 1.92 bits per heavy atom. The average Bonchev–Trinajstić information content (AvgIpc) is 3.32. The summed E-state index contributed by atoms with van der Waals surface area (Å²) in [5.74, 6) is 0.0539.